The minimum atomic E-state index is -4.55. The van der Waals surface area contributed by atoms with Gasteiger partial charge in [-0.25, -0.2) is 4.79 Å². The average molecular weight is 347 g/mol. The summed E-state index contributed by atoms with van der Waals surface area (Å²) in [6, 6.07) is 3.09. The highest BCUT2D eigenvalue weighted by atomic mass is 32.1. The number of thiocarbonyl (C=S) groups is 1. The zero-order chi connectivity index (χ0) is 17.2. The van der Waals surface area contributed by atoms with Crippen molar-refractivity contribution in [2.75, 3.05) is 20.8 Å². The standard InChI is InChI=1S/C15H16F3NO3S/c1-21-12-6-5-9(8-10(12)15(16,17)18)13(23)19-7-3-4-11(19)14(20)22-2/h5-6,8,11H,3-4,7H2,1-2H3. The first kappa shape index (κ1) is 17.5. The lowest BCUT2D eigenvalue weighted by atomic mass is 10.1. The summed E-state index contributed by atoms with van der Waals surface area (Å²) in [7, 11) is 2.45. The minimum Gasteiger partial charge on any atom is -0.496 e. The highest BCUT2D eigenvalue weighted by Crippen LogP contribution is 2.37. The van der Waals surface area contributed by atoms with Crippen LogP contribution in [0.25, 0.3) is 0 Å². The number of rotatable bonds is 3. The van der Waals surface area contributed by atoms with Crippen molar-refractivity contribution in [3.8, 4) is 5.75 Å². The molecular weight excluding hydrogens is 331 g/mol. The molecule has 1 heterocycles. The Morgan fingerprint density at radius 2 is 2.04 bits per heavy atom. The first-order chi connectivity index (χ1) is 10.8. The second-order valence-electron chi connectivity index (χ2n) is 5.09. The van der Waals surface area contributed by atoms with E-state index in [0.29, 0.717) is 13.0 Å². The molecule has 2 rings (SSSR count). The number of benzene rings is 1. The van der Waals surface area contributed by atoms with Crippen LogP contribution in [-0.2, 0) is 15.7 Å². The van der Waals surface area contributed by atoms with Gasteiger partial charge in [0.1, 0.15) is 16.8 Å². The Balaban J connectivity index is 2.34. The van der Waals surface area contributed by atoms with Gasteiger partial charge in [0.25, 0.3) is 0 Å². The van der Waals surface area contributed by atoms with Crippen molar-refractivity contribution in [3.63, 3.8) is 0 Å². The van der Waals surface area contributed by atoms with Gasteiger partial charge in [0.15, 0.2) is 0 Å². The maximum Gasteiger partial charge on any atom is 0.419 e. The number of ether oxygens (including phenoxy) is 2. The van der Waals surface area contributed by atoms with Gasteiger partial charge in [-0.15, -0.1) is 0 Å². The van der Waals surface area contributed by atoms with Crippen molar-refractivity contribution < 1.29 is 27.4 Å². The highest BCUT2D eigenvalue weighted by molar-refractivity contribution is 7.80. The summed E-state index contributed by atoms with van der Waals surface area (Å²) < 4.78 is 48.8. The van der Waals surface area contributed by atoms with Crippen LogP contribution in [0, 0.1) is 0 Å². The van der Waals surface area contributed by atoms with E-state index in [2.05, 4.69) is 0 Å². The van der Waals surface area contributed by atoms with Gasteiger partial charge in [-0.3, -0.25) is 0 Å². The molecule has 0 N–H and O–H groups in total. The van der Waals surface area contributed by atoms with Gasteiger partial charge in [0.05, 0.1) is 19.8 Å². The normalized spacial score (nSPS) is 18.0. The SMILES string of the molecule is COC(=O)C1CCCN1C(=S)c1ccc(OC)c(C(F)(F)F)c1. The lowest BCUT2D eigenvalue weighted by molar-refractivity contribution is -0.144. The number of nitrogens with zero attached hydrogens (tertiary/aromatic N) is 1. The number of halogens is 3. The fraction of sp³-hybridized carbons (Fsp3) is 0.467. The van der Waals surface area contributed by atoms with E-state index < -0.39 is 23.8 Å². The third kappa shape index (κ3) is 3.57. The second kappa shape index (κ2) is 6.74. The van der Waals surface area contributed by atoms with Gasteiger partial charge in [0.2, 0.25) is 0 Å². The fourth-order valence-electron chi connectivity index (χ4n) is 2.62. The van der Waals surface area contributed by atoms with Crippen LogP contribution in [-0.4, -0.2) is 42.7 Å². The summed E-state index contributed by atoms with van der Waals surface area (Å²) in [5.41, 5.74) is -0.669. The number of hydrogen-bond donors (Lipinski definition) is 0. The molecule has 0 spiro atoms. The van der Waals surface area contributed by atoms with Gasteiger partial charge < -0.3 is 14.4 Å². The van der Waals surface area contributed by atoms with Crippen LogP contribution in [0.3, 0.4) is 0 Å². The second-order valence-corrected chi connectivity index (χ2v) is 5.48. The molecule has 0 saturated carbocycles. The first-order valence-electron chi connectivity index (χ1n) is 6.93. The van der Waals surface area contributed by atoms with E-state index >= 15 is 0 Å². The Bertz CT molecular complexity index is 618. The van der Waals surface area contributed by atoms with Crippen LogP contribution in [0.2, 0.25) is 0 Å². The van der Waals surface area contributed by atoms with Crippen LogP contribution in [0.15, 0.2) is 18.2 Å². The van der Waals surface area contributed by atoms with Crippen molar-refractivity contribution in [1.82, 2.24) is 4.90 Å². The van der Waals surface area contributed by atoms with E-state index in [1.54, 1.807) is 4.90 Å². The maximum absolute atomic E-state index is 13.1. The molecule has 1 unspecified atom stereocenters. The quantitative estimate of drug-likeness (QED) is 0.621. The lowest BCUT2D eigenvalue weighted by Crippen LogP contribution is -2.40. The van der Waals surface area contributed by atoms with Crippen LogP contribution >= 0.6 is 12.2 Å². The molecule has 8 heteroatoms. The third-order valence-electron chi connectivity index (χ3n) is 3.74. The molecule has 0 bridgehead atoms. The highest BCUT2D eigenvalue weighted by Gasteiger charge is 2.37. The van der Waals surface area contributed by atoms with Crippen LogP contribution in [0.5, 0.6) is 5.75 Å². The van der Waals surface area contributed by atoms with Crippen LogP contribution < -0.4 is 4.74 Å². The largest absolute Gasteiger partial charge is 0.496 e. The number of esters is 1. The summed E-state index contributed by atoms with van der Waals surface area (Å²) in [4.78, 5) is 13.6. The molecule has 1 atom stereocenters. The zero-order valence-electron chi connectivity index (χ0n) is 12.6. The van der Waals surface area contributed by atoms with Crippen molar-refractivity contribution in [1.29, 1.82) is 0 Å². The van der Waals surface area contributed by atoms with E-state index in [-0.39, 0.29) is 16.3 Å². The monoisotopic (exact) mass is 347 g/mol. The van der Waals surface area contributed by atoms with E-state index in [0.717, 1.165) is 12.5 Å². The summed E-state index contributed by atoms with van der Waals surface area (Å²) in [5.74, 6) is -0.704. The molecule has 0 aliphatic carbocycles. The topological polar surface area (TPSA) is 38.8 Å². The molecule has 1 aliphatic rings. The van der Waals surface area contributed by atoms with Crippen molar-refractivity contribution >= 4 is 23.2 Å². The molecule has 1 aliphatic heterocycles. The number of carbonyl (C=O) groups excluding carboxylic acids is 1. The van der Waals surface area contributed by atoms with E-state index in [1.165, 1.54) is 26.4 Å². The van der Waals surface area contributed by atoms with Gasteiger partial charge in [0, 0.05) is 12.1 Å². The van der Waals surface area contributed by atoms with E-state index in [1.807, 2.05) is 0 Å². The predicted octanol–water partition coefficient (Wildman–Crippen LogP) is 3.03. The smallest absolute Gasteiger partial charge is 0.419 e. The molecule has 1 saturated heterocycles. The average Bonchev–Trinajstić information content (AvgIpc) is 3.01. The van der Waals surface area contributed by atoms with E-state index in [4.69, 9.17) is 21.7 Å². The lowest BCUT2D eigenvalue weighted by Gasteiger charge is -2.26. The number of carbonyl (C=O) groups is 1. The van der Waals surface area contributed by atoms with Gasteiger partial charge in [-0.2, -0.15) is 13.2 Å². The maximum atomic E-state index is 13.1. The predicted molar refractivity (Wildman–Crippen MR) is 81.4 cm³/mol. The molecule has 23 heavy (non-hydrogen) atoms. The van der Waals surface area contributed by atoms with Crippen molar-refractivity contribution in [3.05, 3.63) is 29.3 Å². The Morgan fingerprint density at radius 1 is 1.35 bits per heavy atom. The molecule has 1 aromatic carbocycles. The molecule has 0 radical (unpaired) electrons. The number of hydrogen-bond acceptors (Lipinski definition) is 4. The van der Waals surface area contributed by atoms with Gasteiger partial charge in [-0.1, -0.05) is 12.2 Å². The molecule has 4 nitrogen and oxygen atoms in total. The van der Waals surface area contributed by atoms with Crippen molar-refractivity contribution in [2.24, 2.45) is 0 Å². The van der Waals surface area contributed by atoms with Gasteiger partial charge in [-0.05, 0) is 31.0 Å². The Labute approximate surface area is 137 Å². The Hall–Kier alpha value is -1.83. The van der Waals surface area contributed by atoms with E-state index in [9.17, 15) is 18.0 Å². The zero-order valence-corrected chi connectivity index (χ0v) is 13.5. The number of likely N-dealkylation sites (tertiary alicyclic amines) is 1. The van der Waals surface area contributed by atoms with Crippen LogP contribution in [0.4, 0.5) is 13.2 Å². The number of methoxy groups -OCH3 is 2. The van der Waals surface area contributed by atoms with Crippen LogP contribution in [0.1, 0.15) is 24.0 Å². The molecule has 126 valence electrons. The summed E-state index contributed by atoms with van der Waals surface area (Å²) >= 11 is 5.30. The third-order valence-corrected chi connectivity index (χ3v) is 4.21. The molecule has 1 fully saturated rings. The first-order valence-corrected chi connectivity index (χ1v) is 7.34. The molecule has 1 aromatic rings. The molecular formula is C15H16F3NO3S. The summed E-state index contributed by atoms with van der Waals surface area (Å²) in [6.07, 6.45) is -3.26. The molecule has 0 amide bonds. The Kier molecular flexibility index (Phi) is 5.13. The summed E-state index contributed by atoms with van der Waals surface area (Å²) in [5, 5.41) is 0. The summed E-state index contributed by atoms with van der Waals surface area (Å²) in [6.45, 7) is 0.506. The van der Waals surface area contributed by atoms with Gasteiger partial charge >= 0.3 is 12.1 Å². The number of alkyl halides is 3. The fourth-order valence-corrected chi connectivity index (χ4v) is 2.96. The van der Waals surface area contributed by atoms with Crippen molar-refractivity contribution in [2.45, 2.75) is 25.1 Å². The molecule has 0 aromatic heterocycles. The Morgan fingerprint density at radius 3 is 2.61 bits per heavy atom. The minimum absolute atomic E-state index is 0.200.